The maximum absolute atomic E-state index is 13.7. The summed E-state index contributed by atoms with van der Waals surface area (Å²) < 4.78 is 26.9. The lowest BCUT2D eigenvalue weighted by molar-refractivity contribution is 0.0850. The molecule has 23 heavy (non-hydrogen) atoms. The minimum Gasteiger partial charge on any atom is -0.387 e. The van der Waals surface area contributed by atoms with Crippen LogP contribution in [0.4, 0.5) is 8.78 Å². The number of halogens is 2. The molecule has 1 saturated heterocycles. The molecule has 0 amide bonds. The van der Waals surface area contributed by atoms with Crippen LogP contribution in [0.5, 0.6) is 0 Å². The molecule has 5 heteroatoms. The summed E-state index contributed by atoms with van der Waals surface area (Å²) in [6, 6.07) is 3.24. The number of hydrogen-bond acceptors (Lipinski definition) is 3. The highest BCUT2D eigenvalue weighted by Gasteiger charge is 2.22. The van der Waals surface area contributed by atoms with Crippen LogP contribution in [0.2, 0.25) is 0 Å². The van der Waals surface area contributed by atoms with Gasteiger partial charge in [-0.3, -0.25) is 0 Å². The standard InChI is InChI=1S/C18H28F2N2O/c1-21(2)9-3-4-14-7-10-22(11-8-14)13-18(23)16-12-15(19)5-6-17(16)20/h5-6,12,14,18,23H,3-4,7-11,13H2,1-2H3. The van der Waals surface area contributed by atoms with Crippen molar-refractivity contribution in [2.24, 2.45) is 5.92 Å². The number of nitrogens with zero attached hydrogens (tertiary/aromatic N) is 2. The Morgan fingerprint density at radius 3 is 2.61 bits per heavy atom. The van der Waals surface area contributed by atoms with E-state index < -0.39 is 17.7 Å². The summed E-state index contributed by atoms with van der Waals surface area (Å²) in [6.07, 6.45) is 3.72. The highest BCUT2D eigenvalue weighted by Crippen LogP contribution is 2.25. The van der Waals surface area contributed by atoms with Crippen LogP contribution >= 0.6 is 0 Å². The fourth-order valence-electron chi connectivity index (χ4n) is 3.27. The largest absolute Gasteiger partial charge is 0.387 e. The quantitative estimate of drug-likeness (QED) is 0.834. The minimum atomic E-state index is -0.976. The van der Waals surface area contributed by atoms with Gasteiger partial charge in [0.1, 0.15) is 11.6 Å². The van der Waals surface area contributed by atoms with Crippen molar-refractivity contribution >= 4 is 0 Å². The van der Waals surface area contributed by atoms with Gasteiger partial charge in [0.05, 0.1) is 6.10 Å². The zero-order valence-electron chi connectivity index (χ0n) is 14.1. The van der Waals surface area contributed by atoms with Crippen LogP contribution in [0.15, 0.2) is 18.2 Å². The summed E-state index contributed by atoms with van der Waals surface area (Å²) in [5, 5.41) is 10.2. The predicted octanol–water partition coefficient (Wildman–Crippen LogP) is 3.05. The van der Waals surface area contributed by atoms with Gasteiger partial charge in [-0.05, 0) is 83.5 Å². The Morgan fingerprint density at radius 2 is 1.96 bits per heavy atom. The number of rotatable bonds is 7. The molecule has 0 saturated carbocycles. The van der Waals surface area contributed by atoms with E-state index >= 15 is 0 Å². The second-order valence-corrected chi connectivity index (χ2v) is 6.87. The lowest BCUT2D eigenvalue weighted by Crippen LogP contribution is -2.37. The molecule has 1 N–H and O–H groups in total. The first kappa shape index (κ1) is 18.3. The van der Waals surface area contributed by atoms with E-state index in [1.807, 2.05) is 0 Å². The van der Waals surface area contributed by atoms with Gasteiger partial charge in [0, 0.05) is 12.1 Å². The maximum atomic E-state index is 13.7. The molecule has 1 atom stereocenters. The first-order valence-electron chi connectivity index (χ1n) is 8.46. The van der Waals surface area contributed by atoms with Crippen LogP contribution < -0.4 is 0 Å². The van der Waals surface area contributed by atoms with Crippen molar-refractivity contribution in [1.29, 1.82) is 0 Å². The predicted molar refractivity (Wildman–Crippen MR) is 88.3 cm³/mol. The lowest BCUT2D eigenvalue weighted by Gasteiger charge is -2.33. The van der Waals surface area contributed by atoms with E-state index in [4.69, 9.17) is 0 Å². The molecule has 0 spiro atoms. The Hall–Kier alpha value is -1.04. The van der Waals surface area contributed by atoms with Gasteiger partial charge in [0.15, 0.2) is 0 Å². The molecular formula is C18H28F2N2O. The van der Waals surface area contributed by atoms with Gasteiger partial charge >= 0.3 is 0 Å². The molecule has 130 valence electrons. The van der Waals surface area contributed by atoms with Crippen molar-refractivity contribution < 1.29 is 13.9 Å². The van der Waals surface area contributed by atoms with E-state index in [0.717, 1.165) is 56.6 Å². The molecule has 1 aromatic rings. The van der Waals surface area contributed by atoms with Crippen molar-refractivity contribution in [3.63, 3.8) is 0 Å². The van der Waals surface area contributed by atoms with E-state index in [0.29, 0.717) is 6.54 Å². The second-order valence-electron chi connectivity index (χ2n) is 6.87. The third-order valence-corrected chi connectivity index (χ3v) is 4.67. The van der Waals surface area contributed by atoms with Crippen molar-refractivity contribution in [2.45, 2.75) is 31.8 Å². The SMILES string of the molecule is CN(C)CCCC1CCN(CC(O)c2cc(F)ccc2F)CC1. The molecule has 0 bridgehead atoms. The summed E-state index contributed by atoms with van der Waals surface area (Å²) in [6.45, 7) is 3.32. The summed E-state index contributed by atoms with van der Waals surface area (Å²) >= 11 is 0. The Labute approximate surface area is 137 Å². The van der Waals surface area contributed by atoms with Gasteiger partial charge in [-0.25, -0.2) is 8.78 Å². The van der Waals surface area contributed by atoms with Crippen LogP contribution in [-0.2, 0) is 0 Å². The molecule has 1 fully saturated rings. The highest BCUT2D eigenvalue weighted by atomic mass is 19.1. The average Bonchev–Trinajstić information content (AvgIpc) is 2.51. The summed E-state index contributed by atoms with van der Waals surface area (Å²) in [5.74, 6) is -0.313. The normalized spacial score (nSPS) is 18.5. The molecule has 1 aliphatic heterocycles. The maximum Gasteiger partial charge on any atom is 0.129 e. The van der Waals surface area contributed by atoms with E-state index in [2.05, 4.69) is 23.9 Å². The Bertz CT molecular complexity index is 488. The second kappa shape index (κ2) is 8.71. The molecule has 0 aromatic heterocycles. The van der Waals surface area contributed by atoms with Gasteiger partial charge < -0.3 is 14.9 Å². The van der Waals surface area contributed by atoms with Crippen molar-refractivity contribution in [2.75, 3.05) is 40.3 Å². The van der Waals surface area contributed by atoms with E-state index in [-0.39, 0.29) is 5.56 Å². The zero-order valence-corrected chi connectivity index (χ0v) is 14.1. The van der Waals surface area contributed by atoms with E-state index in [1.54, 1.807) is 0 Å². The Balaban J connectivity index is 1.76. The van der Waals surface area contributed by atoms with Crippen molar-refractivity contribution in [3.05, 3.63) is 35.4 Å². The Kier molecular flexibility index (Phi) is 6.93. The third-order valence-electron chi connectivity index (χ3n) is 4.67. The molecule has 1 heterocycles. The fraction of sp³-hybridized carbons (Fsp3) is 0.667. The van der Waals surface area contributed by atoms with Gasteiger partial charge in [0.2, 0.25) is 0 Å². The number of likely N-dealkylation sites (tertiary alicyclic amines) is 1. The number of hydrogen-bond donors (Lipinski definition) is 1. The summed E-state index contributed by atoms with van der Waals surface area (Å²) in [4.78, 5) is 4.36. The van der Waals surface area contributed by atoms with Crippen LogP contribution in [0, 0.1) is 17.6 Å². The number of aliphatic hydroxyl groups is 1. The van der Waals surface area contributed by atoms with Gasteiger partial charge in [-0.15, -0.1) is 0 Å². The molecule has 1 aromatic carbocycles. The third kappa shape index (κ3) is 5.83. The summed E-state index contributed by atoms with van der Waals surface area (Å²) in [5.41, 5.74) is 0.0538. The molecule has 0 radical (unpaired) electrons. The fourth-order valence-corrected chi connectivity index (χ4v) is 3.27. The molecule has 1 aliphatic rings. The van der Waals surface area contributed by atoms with Gasteiger partial charge in [-0.2, -0.15) is 0 Å². The van der Waals surface area contributed by atoms with Crippen molar-refractivity contribution in [1.82, 2.24) is 9.80 Å². The van der Waals surface area contributed by atoms with Crippen LogP contribution in [0.1, 0.15) is 37.4 Å². The van der Waals surface area contributed by atoms with Gasteiger partial charge in [-0.1, -0.05) is 0 Å². The molecule has 1 unspecified atom stereocenters. The van der Waals surface area contributed by atoms with Gasteiger partial charge in [0.25, 0.3) is 0 Å². The van der Waals surface area contributed by atoms with Crippen molar-refractivity contribution in [3.8, 4) is 0 Å². The first-order valence-corrected chi connectivity index (χ1v) is 8.46. The Morgan fingerprint density at radius 1 is 1.26 bits per heavy atom. The summed E-state index contributed by atoms with van der Waals surface area (Å²) in [7, 11) is 4.19. The first-order chi connectivity index (χ1) is 11.0. The lowest BCUT2D eigenvalue weighted by atomic mass is 9.92. The number of piperidine rings is 1. The van der Waals surface area contributed by atoms with E-state index in [9.17, 15) is 13.9 Å². The zero-order chi connectivity index (χ0) is 16.8. The smallest absolute Gasteiger partial charge is 0.129 e. The highest BCUT2D eigenvalue weighted by molar-refractivity contribution is 5.21. The molecular weight excluding hydrogens is 298 g/mol. The monoisotopic (exact) mass is 326 g/mol. The minimum absolute atomic E-state index is 0.0538. The number of benzene rings is 1. The van der Waals surface area contributed by atoms with Crippen LogP contribution in [0.25, 0.3) is 0 Å². The van der Waals surface area contributed by atoms with Crippen LogP contribution in [0.3, 0.4) is 0 Å². The molecule has 2 rings (SSSR count). The number of aliphatic hydroxyl groups excluding tert-OH is 1. The average molecular weight is 326 g/mol. The van der Waals surface area contributed by atoms with E-state index in [1.165, 1.54) is 12.8 Å². The molecule has 3 nitrogen and oxygen atoms in total. The number of β-amino-alcohol motifs (C(OH)–C–C–N with tert-alkyl or cyclic N) is 1. The molecule has 0 aliphatic carbocycles. The van der Waals surface area contributed by atoms with Crippen LogP contribution in [-0.4, -0.2) is 55.2 Å². The topological polar surface area (TPSA) is 26.7 Å².